The van der Waals surface area contributed by atoms with E-state index in [0.29, 0.717) is 34.8 Å². The van der Waals surface area contributed by atoms with Crippen molar-refractivity contribution < 1.29 is 33.7 Å². The number of carbonyl (C=O) groups is 3. The van der Waals surface area contributed by atoms with Gasteiger partial charge in [0.05, 0.1) is 32.5 Å². The van der Waals surface area contributed by atoms with E-state index in [9.17, 15) is 19.5 Å². The van der Waals surface area contributed by atoms with E-state index in [1.54, 1.807) is 66.7 Å². The number of methoxy groups -OCH3 is 2. The molecule has 4 atom stereocenters. The minimum absolute atomic E-state index is 0.0424. The second kappa shape index (κ2) is 11.0. The van der Waals surface area contributed by atoms with E-state index in [2.05, 4.69) is 5.32 Å². The second-order valence-electron chi connectivity index (χ2n) is 10.5. The Bertz CT molecular complexity index is 1640. The lowest BCUT2D eigenvalue weighted by atomic mass is 9.52. The van der Waals surface area contributed by atoms with Crippen LogP contribution in [0.15, 0.2) is 91.0 Å². The van der Waals surface area contributed by atoms with E-state index >= 15 is 0 Å². The van der Waals surface area contributed by atoms with E-state index in [4.69, 9.17) is 14.2 Å². The average molecular weight is 564 g/mol. The van der Waals surface area contributed by atoms with Gasteiger partial charge in [-0.25, -0.2) is 0 Å². The van der Waals surface area contributed by atoms with E-state index in [-0.39, 0.29) is 5.91 Å². The zero-order chi connectivity index (χ0) is 29.4. The Labute approximate surface area is 242 Å². The standard InChI is InChI=1S/C34H29NO7/c1-40-26-12-5-3-10-23(26)29-31(33(37)38)30(24-11-4-6-13-27(24)41-2)32(29)34(39)42-22-9-7-8-19(16-22)20-14-15-21-18-28(36)35-25(21)17-20/h3-17,29-32H,18H2,1-2H3,(H,35,36)(H,37,38)/t29-,30?,31?,32?/m1/s1. The molecule has 1 heterocycles. The molecule has 8 nitrogen and oxygen atoms in total. The molecule has 42 heavy (non-hydrogen) atoms. The number of hydrogen-bond acceptors (Lipinski definition) is 6. The second-order valence-corrected chi connectivity index (χ2v) is 10.5. The zero-order valence-corrected chi connectivity index (χ0v) is 23.1. The Morgan fingerprint density at radius 2 is 1.38 bits per heavy atom. The molecule has 0 spiro atoms. The lowest BCUT2D eigenvalue weighted by Gasteiger charge is -2.49. The van der Waals surface area contributed by atoms with Crippen LogP contribution in [-0.2, 0) is 20.8 Å². The number of nitrogens with one attached hydrogen (secondary N) is 1. The van der Waals surface area contributed by atoms with Gasteiger partial charge in [0.1, 0.15) is 17.2 Å². The van der Waals surface area contributed by atoms with E-state index in [1.807, 2.05) is 24.3 Å². The number of aliphatic carboxylic acids is 1. The van der Waals surface area contributed by atoms with Gasteiger partial charge in [0.2, 0.25) is 5.91 Å². The molecule has 1 amide bonds. The molecule has 0 saturated heterocycles. The maximum atomic E-state index is 14.0. The molecule has 1 saturated carbocycles. The SMILES string of the molecule is COc1ccccc1C1C(C(=O)O)[C@@H](c2ccccc2OC)C1C(=O)Oc1cccc(-c2ccc3c(c2)NC(=O)C3)c1. The maximum Gasteiger partial charge on any atom is 0.315 e. The van der Waals surface area contributed by atoms with Gasteiger partial charge in [0.15, 0.2) is 0 Å². The molecular formula is C34H29NO7. The number of carboxylic acids is 1. The minimum Gasteiger partial charge on any atom is -0.496 e. The summed E-state index contributed by atoms with van der Waals surface area (Å²) in [6.07, 6.45) is 0.354. The molecule has 0 aromatic heterocycles. The first-order chi connectivity index (χ1) is 20.4. The first-order valence-electron chi connectivity index (χ1n) is 13.6. The van der Waals surface area contributed by atoms with Gasteiger partial charge in [0.25, 0.3) is 0 Å². The predicted molar refractivity (Wildman–Crippen MR) is 156 cm³/mol. The Hall–Kier alpha value is -5.11. The molecule has 2 aliphatic rings. The van der Waals surface area contributed by atoms with Crippen LogP contribution in [0.4, 0.5) is 5.69 Å². The number of rotatable bonds is 8. The van der Waals surface area contributed by atoms with Crippen LogP contribution in [0.2, 0.25) is 0 Å². The van der Waals surface area contributed by atoms with Crippen molar-refractivity contribution >= 4 is 23.5 Å². The summed E-state index contributed by atoms with van der Waals surface area (Å²) in [5.41, 5.74) is 4.65. The number of amides is 1. The van der Waals surface area contributed by atoms with Crippen LogP contribution in [0, 0.1) is 11.8 Å². The molecule has 8 heteroatoms. The summed E-state index contributed by atoms with van der Waals surface area (Å²) in [5, 5.41) is 13.3. The minimum atomic E-state index is -1.02. The number of benzene rings is 4. The van der Waals surface area contributed by atoms with Gasteiger partial charge in [-0.1, -0.05) is 60.7 Å². The highest BCUT2D eigenvalue weighted by Crippen LogP contribution is 2.60. The smallest absolute Gasteiger partial charge is 0.315 e. The number of para-hydroxylation sites is 2. The lowest BCUT2D eigenvalue weighted by molar-refractivity contribution is -0.158. The first kappa shape index (κ1) is 27.1. The highest BCUT2D eigenvalue weighted by Gasteiger charge is 2.60. The van der Waals surface area contributed by atoms with Crippen LogP contribution >= 0.6 is 0 Å². The Kier molecular flexibility index (Phi) is 7.12. The maximum absolute atomic E-state index is 14.0. The summed E-state index contributed by atoms with van der Waals surface area (Å²) < 4.78 is 17.1. The molecule has 0 radical (unpaired) electrons. The normalized spacial score (nSPS) is 20.6. The molecular weight excluding hydrogens is 534 g/mol. The fourth-order valence-electron chi connectivity index (χ4n) is 6.32. The summed E-state index contributed by atoms with van der Waals surface area (Å²) in [6, 6.07) is 27.2. The van der Waals surface area contributed by atoms with Crippen molar-refractivity contribution in [3.8, 4) is 28.4 Å². The van der Waals surface area contributed by atoms with E-state index < -0.39 is 35.6 Å². The Morgan fingerprint density at radius 1 is 0.762 bits per heavy atom. The van der Waals surface area contributed by atoms with Gasteiger partial charge >= 0.3 is 11.9 Å². The molecule has 1 aliphatic carbocycles. The van der Waals surface area contributed by atoms with Crippen LogP contribution in [0.3, 0.4) is 0 Å². The molecule has 4 aromatic carbocycles. The zero-order valence-electron chi connectivity index (χ0n) is 23.1. The van der Waals surface area contributed by atoms with Crippen LogP contribution < -0.4 is 19.5 Å². The van der Waals surface area contributed by atoms with Crippen molar-refractivity contribution in [3.05, 3.63) is 108 Å². The van der Waals surface area contributed by atoms with Crippen LogP contribution in [0.1, 0.15) is 28.5 Å². The Morgan fingerprint density at radius 3 is 2.00 bits per heavy atom. The van der Waals surface area contributed by atoms with Crippen molar-refractivity contribution in [1.29, 1.82) is 0 Å². The number of fused-ring (bicyclic) bond motifs is 1. The van der Waals surface area contributed by atoms with Gasteiger partial charge < -0.3 is 24.6 Å². The van der Waals surface area contributed by atoms with Crippen molar-refractivity contribution in [3.63, 3.8) is 0 Å². The summed E-state index contributed by atoms with van der Waals surface area (Å²) in [6.45, 7) is 0. The van der Waals surface area contributed by atoms with Crippen LogP contribution in [-0.4, -0.2) is 37.2 Å². The van der Waals surface area contributed by atoms with Crippen molar-refractivity contribution in [2.75, 3.05) is 19.5 Å². The highest BCUT2D eigenvalue weighted by molar-refractivity contribution is 6.00. The van der Waals surface area contributed by atoms with Crippen LogP contribution in [0.5, 0.6) is 17.2 Å². The summed E-state index contributed by atoms with van der Waals surface area (Å²) in [7, 11) is 3.04. The van der Waals surface area contributed by atoms with Gasteiger partial charge in [-0.2, -0.15) is 0 Å². The molecule has 1 fully saturated rings. The lowest BCUT2D eigenvalue weighted by Crippen LogP contribution is -2.52. The highest BCUT2D eigenvalue weighted by atomic mass is 16.5. The number of hydrogen-bond donors (Lipinski definition) is 2. The van der Waals surface area contributed by atoms with Gasteiger partial charge in [-0.05, 0) is 58.1 Å². The predicted octanol–water partition coefficient (Wildman–Crippen LogP) is 5.67. The topological polar surface area (TPSA) is 111 Å². The number of carboxylic acid groups (broad SMARTS) is 1. The molecule has 0 bridgehead atoms. The van der Waals surface area contributed by atoms with Crippen molar-refractivity contribution in [1.82, 2.24) is 0 Å². The number of carbonyl (C=O) groups excluding carboxylic acids is 2. The fourth-order valence-corrected chi connectivity index (χ4v) is 6.32. The fraction of sp³-hybridized carbons (Fsp3) is 0.206. The largest absolute Gasteiger partial charge is 0.496 e. The number of anilines is 1. The monoisotopic (exact) mass is 563 g/mol. The molecule has 6 rings (SSSR count). The van der Waals surface area contributed by atoms with Crippen molar-refractivity contribution in [2.45, 2.75) is 18.3 Å². The molecule has 212 valence electrons. The van der Waals surface area contributed by atoms with Gasteiger partial charge in [0, 0.05) is 17.5 Å². The third-order valence-corrected chi connectivity index (χ3v) is 8.22. The molecule has 3 unspecified atom stereocenters. The molecule has 1 aliphatic heterocycles. The third kappa shape index (κ3) is 4.75. The molecule has 4 aromatic rings. The quantitative estimate of drug-likeness (QED) is 0.210. The van der Waals surface area contributed by atoms with Crippen molar-refractivity contribution in [2.24, 2.45) is 11.8 Å². The van der Waals surface area contributed by atoms with E-state index in [1.165, 1.54) is 14.2 Å². The number of ether oxygens (including phenoxy) is 3. The summed E-state index contributed by atoms with van der Waals surface area (Å²) in [5.74, 6) is -3.37. The summed E-state index contributed by atoms with van der Waals surface area (Å²) >= 11 is 0. The third-order valence-electron chi connectivity index (χ3n) is 8.22. The first-order valence-corrected chi connectivity index (χ1v) is 13.6. The van der Waals surface area contributed by atoms with Gasteiger partial charge in [-0.15, -0.1) is 0 Å². The van der Waals surface area contributed by atoms with Gasteiger partial charge in [-0.3, -0.25) is 14.4 Å². The Balaban J connectivity index is 1.36. The number of esters is 1. The molecule has 2 N–H and O–H groups in total. The van der Waals surface area contributed by atoms with E-state index in [0.717, 1.165) is 22.4 Å². The van der Waals surface area contributed by atoms with Crippen LogP contribution in [0.25, 0.3) is 11.1 Å². The average Bonchev–Trinajstić information content (AvgIpc) is 3.36. The summed E-state index contributed by atoms with van der Waals surface area (Å²) in [4.78, 5) is 38.5.